The van der Waals surface area contributed by atoms with Gasteiger partial charge in [-0.1, -0.05) is 0 Å². The fraction of sp³-hybridized carbons (Fsp3) is 0.400. The summed E-state index contributed by atoms with van der Waals surface area (Å²) in [5.41, 5.74) is 0. The molecule has 0 fully saturated rings. The van der Waals surface area contributed by atoms with Crippen LogP contribution < -0.4 is 7.16 Å². The van der Waals surface area contributed by atoms with E-state index in [1.165, 1.54) is 36.4 Å². The molecule has 25 heavy (non-hydrogen) atoms. The molecule has 0 atom stereocenters. The van der Waals surface area contributed by atoms with E-state index in [0.29, 0.717) is 21.7 Å². The van der Waals surface area contributed by atoms with Crippen LogP contribution in [0.1, 0.15) is 39.5 Å². The Morgan fingerprint density at radius 2 is 0.960 bits per heavy atom. The molecule has 0 radical (unpaired) electrons. The first-order chi connectivity index (χ1) is 12.0. The van der Waals surface area contributed by atoms with Crippen molar-refractivity contribution in [2.24, 2.45) is 0 Å². The van der Waals surface area contributed by atoms with Gasteiger partial charge in [-0.25, -0.2) is 0 Å². The third kappa shape index (κ3) is 4.21. The monoisotopic (exact) mass is 460 g/mol. The Bertz CT molecular complexity index is 613. The normalized spacial score (nSPS) is 11.8. The molecule has 5 heteroatoms. The average molecular weight is 459 g/mol. The van der Waals surface area contributed by atoms with Crippen LogP contribution in [0.3, 0.4) is 0 Å². The molecule has 0 heterocycles. The average Bonchev–Trinajstić information content (AvgIpc) is 2.57. The summed E-state index contributed by atoms with van der Waals surface area (Å²) in [5, 5.41) is 0. The van der Waals surface area contributed by atoms with Crippen LogP contribution in [0.4, 0.5) is 17.6 Å². The zero-order chi connectivity index (χ0) is 18.4. The third-order valence-electron chi connectivity index (χ3n) is 4.80. The predicted molar refractivity (Wildman–Crippen MR) is 97.2 cm³/mol. The first-order valence-electron chi connectivity index (χ1n) is 8.87. The standard InChI is InChI=1S/2C6H3F2.2C4H9.Sn/c2*7-5-2-1-3-6(8)4-5;2*1-3-4-2;/h2*1-3H;2*1,3-4H2,2H3;. The van der Waals surface area contributed by atoms with E-state index in [1.54, 1.807) is 0 Å². The van der Waals surface area contributed by atoms with Gasteiger partial charge in [-0.15, -0.1) is 0 Å². The Hall–Kier alpha value is -1.04. The van der Waals surface area contributed by atoms with Gasteiger partial charge in [-0.05, 0) is 0 Å². The Kier molecular flexibility index (Phi) is 7.35. The van der Waals surface area contributed by atoms with Crippen LogP contribution in [0.25, 0.3) is 0 Å². The van der Waals surface area contributed by atoms with E-state index in [9.17, 15) is 17.6 Å². The zero-order valence-corrected chi connectivity index (χ0v) is 17.6. The first kappa shape index (κ1) is 20.3. The van der Waals surface area contributed by atoms with Crippen molar-refractivity contribution in [2.45, 2.75) is 48.4 Å². The van der Waals surface area contributed by atoms with Crippen LogP contribution in [0.2, 0.25) is 8.87 Å². The molecule has 0 spiro atoms. The summed E-state index contributed by atoms with van der Waals surface area (Å²) in [6.07, 6.45) is 3.05. The number of hydrogen-bond acceptors (Lipinski definition) is 0. The summed E-state index contributed by atoms with van der Waals surface area (Å²) in [6, 6.07) is 7.45. The SMILES string of the molecule is CCC[CH2][Sn]([CH2]CCC)([c]1c(F)cccc1F)[c]1c(F)cccc1F. The Balaban J connectivity index is 2.81. The molecule has 0 unspecified atom stereocenters. The predicted octanol–water partition coefficient (Wildman–Crippen LogP) is 5.41. The van der Waals surface area contributed by atoms with Crippen molar-refractivity contribution >= 4 is 25.5 Å². The fourth-order valence-corrected chi connectivity index (χ4v) is 19.5. The van der Waals surface area contributed by atoms with Gasteiger partial charge in [0.05, 0.1) is 0 Å². The summed E-state index contributed by atoms with van der Waals surface area (Å²) < 4.78 is 59.8. The Labute approximate surface area is 151 Å². The molecular formula is C20H24F4Sn. The van der Waals surface area contributed by atoms with Gasteiger partial charge in [-0.2, -0.15) is 0 Å². The summed E-state index contributed by atoms with van der Waals surface area (Å²) in [4.78, 5) is 0. The molecule has 0 N–H and O–H groups in total. The van der Waals surface area contributed by atoms with Gasteiger partial charge in [0.25, 0.3) is 0 Å². The van der Waals surface area contributed by atoms with Crippen molar-refractivity contribution in [2.75, 3.05) is 0 Å². The van der Waals surface area contributed by atoms with Gasteiger partial charge in [0.15, 0.2) is 0 Å². The molecule has 0 amide bonds. The third-order valence-corrected chi connectivity index (χ3v) is 19.9. The van der Waals surface area contributed by atoms with Crippen molar-refractivity contribution in [1.29, 1.82) is 0 Å². The van der Waals surface area contributed by atoms with E-state index >= 15 is 0 Å². The van der Waals surface area contributed by atoms with Crippen LogP contribution in [0.15, 0.2) is 36.4 Å². The molecule has 0 aliphatic heterocycles. The number of halogens is 4. The van der Waals surface area contributed by atoms with E-state index in [2.05, 4.69) is 0 Å². The maximum atomic E-state index is 14.7. The van der Waals surface area contributed by atoms with Gasteiger partial charge in [0.2, 0.25) is 0 Å². The molecule has 2 rings (SSSR count). The van der Waals surface area contributed by atoms with E-state index in [4.69, 9.17) is 0 Å². The van der Waals surface area contributed by atoms with Crippen molar-refractivity contribution in [3.8, 4) is 0 Å². The zero-order valence-electron chi connectivity index (χ0n) is 14.7. The quantitative estimate of drug-likeness (QED) is 0.366. The maximum absolute atomic E-state index is 14.7. The Morgan fingerprint density at radius 1 is 0.640 bits per heavy atom. The molecule has 136 valence electrons. The van der Waals surface area contributed by atoms with Crippen LogP contribution in [-0.4, -0.2) is 18.4 Å². The van der Waals surface area contributed by atoms with Gasteiger partial charge in [0.1, 0.15) is 0 Å². The topological polar surface area (TPSA) is 0 Å². The summed E-state index contributed by atoms with van der Waals surface area (Å²) in [7, 11) is 0. The molecule has 0 aliphatic rings. The molecular weight excluding hydrogens is 435 g/mol. The first-order valence-corrected chi connectivity index (χ1v) is 15.8. The molecule has 2 aromatic carbocycles. The second kappa shape index (κ2) is 9.06. The second-order valence-electron chi connectivity index (χ2n) is 6.48. The van der Waals surface area contributed by atoms with E-state index in [0.717, 1.165) is 12.8 Å². The van der Waals surface area contributed by atoms with Crippen molar-refractivity contribution in [1.82, 2.24) is 0 Å². The molecule has 0 saturated heterocycles. The van der Waals surface area contributed by atoms with E-state index in [-0.39, 0.29) is 7.16 Å². The fourth-order valence-electron chi connectivity index (χ4n) is 3.62. The van der Waals surface area contributed by atoms with Gasteiger partial charge in [-0.3, -0.25) is 0 Å². The van der Waals surface area contributed by atoms with Gasteiger partial charge in [0, 0.05) is 0 Å². The van der Waals surface area contributed by atoms with Crippen LogP contribution in [-0.2, 0) is 0 Å². The van der Waals surface area contributed by atoms with E-state index < -0.39 is 41.6 Å². The summed E-state index contributed by atoms with van der Waals surface area (Å²) in [6.45, 7) is 3.96. The summed E-state index contributed by atoms with van der Waals surface area (Å²) >= 11 is -4.25. The number of benzene rings is 2. The van der Waals surface area contributed by atoms with Gasteiger partial charge < -0.3 is 0 Å². The van der Waals surface area contributed by atoms with Crippen molar-refractivity contribution < 1.29 is 17.6 Å². The molecule has 2 aromatic rings. The summed E-state index contributed by atoms with van der Waals surface area (Å²) in [5.74, 6) is -2.65. The van der Waals surface area contributed by atoms with Crippen molar-refractivity contribution in [3.05, 3.63) is 59.7 Å². The molecule has 0 aromatic heterocycles. The van der Waals surface area contributed by atoms with Gasteiger partial charge >= 0.3 is 151 Å². The molecule has 0 nitrogen and oxygen atoms in total. The minimum absolute atomic E-state index is 0.0114. The minimum atomic E-state index is -4.25. The van der Waals surface area contributed by atoms with Crippen LogP contribution in [0.5, 0.6) is 0 Å². The number of rotatable bonds is 8. The Morgan fingerprint density at radius 3 is 1.24 bits per heavy atom. The molecule has 0 saturated carbocycles. The van der Waals surface area contributed by atoms with Crippen molar-refractivity contribution in [3.63, 3.8) is 0 Å². The van der Waals surface area contributed by atoms with E-state index in [1.807, 2.05) is 13.8 Å². The van der Waals surface area contributed by atoms with Crippen LogP contribution >= 0.6 is 0 Å². The van der Waals surface area contributed by atoms with Crippen LogP contribution in [0, 0.1) is 23.3 Å². The molecule has 0 aliphatic carbocycles. The second-order valence-corrected chi connectivity index (χ2v) is 18.4. The molecule has 0 bridgehead atoms. The number of hydrogen-bond donors (Lipinski definition) is 0. The number of unbranched alkanes of at least 4 members (excludes halogenated alkanes) is 2.